The molecule has 2 aromatic rings. The third-order valence-electron chi connectivity index (χ3n) is 3.23. The Balaban J connectivity index is 2.16. The smallest absolute Gasteiger partial charge is 0.141 e. The highest BCUT2D eigenvalue weighted by Gasteiger charge is 2.05. The van der Waals surface area contributed by atoms with Crippen LogP contribution in [0.15, 0.2) is 30.3 Å². The minimum atomic E-state index is -0.394. The van der Waals surface area contributed by atoms with Crippen LogP contribution in [0.4, 0.5) is 10.1 Å². The van der Waals surface area contributed by atoms with Gasteiger partial charge < -0.3 is 5.32 Å². The van der Waals surface area contributed by atoms with Crippen LogP contribution in [-0.4, -0.2) is 0 Å². The molecule has 0 bridgehead atoms. The first-order chi connectivity index (χ1) is 8.97. The molecule has 2 aromatic carbocycles. The van der Waals surface area contributed by atoms with Crippen molar-refractivity contribution in [3.05, 3.63) is 63.4 Å². The lowest BCUT2D eigenvalue weighted by molar-refractivity contribution is 0.628. The first-order valence-electron chi connectivity index (χ1n) is 6.23. The number of aryl methyl sites for hydroxylation is 3. The fourth-order valence-electron chi connectivity index (χ4n) is 2.29. The van der Waals surface area contributed by atoms with Gasteiger partial charge in [0, 0.05) is 12.2 Å². The van der Waals surface area contributed by atoms with Gasteiger partial charge in [-0.05, 0) is 55.7 Å². The molecule has 0 spiro atoms. The van der Waals surface area contributed by atoms with Gasteiger partial charge in [-0.15, -0.1) is 0 Å². The van der Waals surface area contributed by atoms with Crippen molar-refractivity contribution in [2.75, 3.05) is 5.32 Å². The van der Waals surface area contributed by atoms with Crippen molar-refractivity contribution in [2.24, 2.45) is 0 Å². The lowest BCUT2D eigenvalue weighted by atomic mass is 10.00. The van der Waals surface area contributed by atoms with E-state index in [9.17, 15) is 4.39 Å². The first kappa shape index (κ1) is 13.9. The number of anilines is 1. The lowest BCUT2D eigenvalue weighted by Crippen LogP contribution is -2.04. The number of rotatable bonds is 3. The molecular formula is C16H17ClFN. The highest BCUT2D eigenvalue weighted by Crippen LogP contribution is 2.22. The quantitative estimate of drug-likeness (QED) is 0.831. The maximum atomic E-state index is 13.1. The Morgan fingerprint density at radius 2 is 1.68 bits per heavy atom. The van der Waals surface area contributed by atoms with Crippen molar-refractivity contribution in [1.29, 1.82) is 0 Å². The van der Waals surface area contributed by atoms with Gasteiger partial charge in [0.25, 0.3) is 0 Å². The predicted octanol–water partition coefficient (Wildman–Crippen LogP) is 5.02. The summed E-state index contributed by atoms with van der Waals surface area (Å²) >= 11 is 5.76. The first-order valence-corrected chi connectivity index (χ1v) is 6.61. The average Bonchev–Trinajstić information content (AvgIpc) is 2.32. The molecule has 0 aliphatic rings. The molecule has 0 aliphatic carbocycles. The van der Waals surface area contributed by atoms with Gasteiger partial charge in [-0.3, -0.25) is 0 Å². The third-order valence-corrected chi connectivity index (χ3v) is 3.52. The van der Waals surface area contributed by atoms with E-state index in [1.54, 1.807) is 12.1 Å². The SMILES string of the molecule is Cc1cc(C)c(CNc2ccc(F)c(Cl)c2)c(C)c1. The highest BCUT2D eigenvalue weighted by molar-refractivity contribution is 6.31. The van der Waals surface area contributed by atoms with Crippen LogP contribution in [-0.2, 0) is 6.54 Å². The van der Waals surface area contributed by atoms with E-state index < -0.39 is 5.82 Å². The maximum absolute atomic E-state index is 13.1. The van der Waals surface area contributed by atoms with Crippen LogP contribution < -0.4 is 5.32 Å². The fraction of sp³-hybridized carbons (Fsp3) is 0.250. The zero-order valence-corrected chi connectivity index (χ0v) is 12.1. The van der Waals surface area contributed by atoms with E-state index in [0.29, 0.717) is 6.54 Å². The molecule has 0 atom stereocenters. The number of benzene rings is 2. The molecule has 19 heavy (non-hydrogen) atoms. The van der Waals surface area contributed by atoms with Gasteiger partial charge in [-0.25, -0.2) is 4.39 Å². The van der Waals surface area contributed by atoms with Gasteiger partial charge in [0.1, 0.15) is 5.82 Å². The summed E-state index contributed by atoms with van der Waals surface area (Å²) in [5, 5.41) is 3.42. The minimum absolute atomic E-state index is 0.141. The molecule has 1 nitrogen and oxygen atoms in total. The summed E-state index contributed by atoms with van der Waals surface area (Å²) < 4.78 is 13.1. The summed E-state index contributed by atoms with van der Waals surface area (Å²) in [4.78, 5) is 0. The van der Waals surface area contributed by atoms with Crippen LogP contribution in [0.1, 0.15) is 22.3 Å². The van der Waals surface area contributed by atoms with Crippen molar-refractivity contribution in [1.82, 2.24) is 0 Å². The van der Waals surface area contributed by atoms with Crippen molar-refractivity contribution >= 4 is 17.3 Å². The Morgan fingerprint density at radius 1 is 1.05 bits per heavy atom. The summed E-state index contributed by atoms with van der Waals surface area (Å²) in [5.74, 6) is -0.394. The number of hydrogen-bond acceptors (Lipinski definition) is 1. The topological polar surface area (TPSA) is 12.0 Å². The largest absolute Gasteiger partial charge is 0.381 e. The zero-order chi connectivity index (χ0) is 14.0. The summed E-state index contributed by atoms with van der Waals surface area (Å²) in [6, 6.07) is 9.01. The Labute approximate surface area is 118 Å². The van der Waals surface area contributed by atoms with Crippen molar-refractivity contribution in [2.45, 2.75) is 27.3 Å². The second-order valence-electron chi connectivity index (χ2n) is 4.86. The van der Waals surface area contributed by atoms with Crippen LogP contribution in [0.25, 0.3) is 0 Å². The molecule has 3 heteroatoms. The third kappa shape index (κ3) is 3.27. The minimum Gasteiger partial charge on any atom is -0.381 e. The number of nitrogens with one attached hydrogen (secondary N) is 1. The Kier molecular flexibility index (Phi) is 4.11. The van der Waals surface area contributed by atoms with Gasteiger partial charge in [-0.1, -0.05) is 29.3 Å². The van der Waals surface area contributed by atoms with Crippen LogP contribution in [0, 0.1) is 26.6 Å². The molecule has 0 saturated carbocycles. The van der Waals surface area contributed by atoms with E-state index >= 15 is 0 Å². The van der Waals surface area contributed by atoms with E-state index in [0.717, 1.165) is 5.69 Å². The Morgan fingerprint density at radius 3 is 2.26 bits per heavy atom. The van der Waals surface area contributed by atoms with Crippen LogP contribution in [0.3, 0.4) is 0 Å². The molecule has 1 N–H and O–H groups in total. The molecule has 0 unspecified atom stereocenters. The Bertz CT molecular complexity index is 585. The molecule has 0 radical (unpaired) electrons. The van der Waals surface area contributed by atoms with Gasteiger partial charge in [0.15, 0.2) is 0 Å². The van der Waals surface area contributed by atoms with Crippen LogP contribution in [0.2, 0.25) is 5.02 Å². The van der Waals surface area contributed by atoms with Gasteiger partial charge in [-0.2, -0.15) is 0 Å². The molecule has 0 fully saturated rings. The van der Waals surface area contributed by atoms with Crippen molar-refractivity contribution < 1.29 is 4.39 Å². The Hall–Kier alpha value is -1.54. The van der Waals surface area contributed by atoms with E-state index in [4.69, 9.17) is 11.6 Å². The lowest BCUT2D eigenvalue weighted by Gasteiger charge is -2.13. The number of hydrogen-bond donors (Lipinski definition) is 1. The molecule has 0 amide bonds. The summed E-state index contributed by atoms with van der Waals surface area (Å²) in [7, 11) is 0. The molecule has 0 aromatic heterocycles. The van der Waals surface area contributed by atoms with E-state index in [1.165, 1.54) is 28.3 Å². The van der Waals surface area contributed by atoms with E-state index in [-0.39, 0.29) is 5.02 Å². The molecule has 100 valence electrons. The van der Waals surface area contributed by atoms with Gasteiger partial charge >= 0.3 is 0 Å². The summed E-state index contributed by atoms with van der Waals surface area (Å²) in [6.07, 6.45) is 0. The molecule has 0 aliphatic heterocycles. The van der Waals surface area contributed by atoms with Crippen LogP contribution in [0.5, 0.6) is 0 Å². The van der Waals surface area contributed by atoms with Crippen molar-refractivity contribution in [3.63, 3.8) is 0 Å². The molecule has 2 rings (SSSR count). The zero-order valence-electron chi connectivity index (χ0n) is 11.3. The van der Waals surface area contributed by atoms with Crippen LogP contribution >= 0.6 is 11.6 Å². The standard InChI is InChI=1S/C16H17ClFN/c1-10-6-11(2)14(12(3)7-10)9-19-13-4-5-16(18)15(17)8-13/h4-8,19H,9H2,1-3H3. The fourth-order valence-corrected chi connectivity index (χ4v) is 2.47. The van der Waals surface area contributed by atoms with Gasteiger partial charge in [0.2, 0.25) is 0 Å². The van der Waals surface area contributed by atoms with E-state index in [1.807, 2.05) is 0 Å². The second kappa shape index (κ2) is 5.62. The molecular weight excluding hydrogens is 261 g/mol. The summed E-state index contributed by atoms with van der Waals surface area (Å²) in [6.45, 7) is 7.01. The average molecular weight is 278 g/mol. The molecule has 0 heterocycles. The second-order valence-corrected chi connectivity index (χ2v) is 5.27. The monoisotopic (exact) mass is 277 g/mol. The normalized spacial score (nSPS) is 10.6. The number of halogens is 2. The summed E-state index contributed by atoms with van der Waals surface area (Å²) in [5.41, 5.74) is 5.89. The molecule has 0 saturated heterocycles. The van der Waals surface area contributed by atoms with E-state index in [2.05, 4.69) is 38.2 Å². The van der Waals surface area contributed by atoms with Gasteiger partial charge in [0.05, 0.1) is 5.02 Å². The maximum Gasteiger partial charge on any atom is 0.141 e. The highest BCUT2D eigenvalue weighted by atomic mass is 35.5. The van der Waals surface area contributed by atoms with Crippen molar-refractivity contribution in [3.8, 4) is 0 Å². The predicted molar refractivity (Wildman–Crippen MR) is 79.4 cm³/mol.